The molecule has 5 rings (SSSR count). The number of imidazole rings is 1. The summed E-state index contributed by atoms with van der Waals surface area (Å²) in [5, 5.41) is 2.35. The number of likely N-dealkylation sites (tertiary alicyclic amines) is 1. The highest BCUT2D eigenvalue weighted by Crippen LogP contribution is 2.29. The van der Waals surface area contributed by atoms with E-state index in [4.69, 9.17) is 0 Å². The molecule has 1 amide bonds. The largest absolute Gasteiger partial charge is 0.334 e. The Bertz CT molecular complexity index is 1530. The summed E-state index contributed by atoms with van der Waals surface area (Å²) in [4.78, 5) is 25.7. The van der Waals surface area contributed by atoms with Crippen molar-refractivity contribution in [2.45, 2.75) is 38.3 Å². The van der Waals surface area contributed by atoms with Gasteiger partial charge in [-0.3, -0.25) is 9.69 Å². The van der Waals surface area contributed by atoms with Crippen molar-refractivity contribution in [3.63, 3.8) is 0 Å². The number of nitrogens with zero attached hydrogens (tertiary/aromatic N) is 3. The summed E-state index contributed by atoms with van der Waals surface area (Å²) in [7, 11) is 1.86. The van der Waals surface area contributed by atoms with Crippen LogP contribution in [0.1, 0.15) is 60.9 Å². The number of carbonyl (C=O) groups excluding carboxylic acids is 1. The monoisotopic (exact) mass is 500 g/mol. The molecule has 4 aromatic rings. The van der Waals surface area contributed by atoms with E-state index in [0.717, 1.165) is 42.4 Å². The third-order valence-corrected chi connectivity index (χ3v) is 7.24. The van der Waals surface area contributed by atoms with Gasteiger partial charge in [-0.15, -0.1) is 0 Å². The van der Waals surface area contributed by atoms with Gasteiger partial charge in [0, 0.05) is 12.6 Å². The van der Waals surface area contributed by atoms with E-state index in [0.29, 0.717) is 11.5 Å². The molecule has 2 atom stereocenters. The maximum atomic E-state index is 13.8. The molecule has 0 saturated carbocycles. The van der Waals surface area contributed by atoms with E-state index in [-0.39, 0.29) is 18.0 Å². The lowest BCUT2D eigenvalue weighted by Gasteiger charge is -2.37. The number of carbonyl (C=O) groups is 1. The first-order valence-corrected chi connectivity index (χ1v) is 13.2. The van der Waals surface area contributed by atoms with Gasteiger partial charge in [0.25, 0.3) is 0 Å². The summed E-state index contributed by atoms with van der Waals surface area (Å²) >= 11 is 0. The fraction of sp³-hybridized carbons (Fsp3) is 0.273. The zero-order valence-electron chi connectivity index (χ0n) is 21.9. The number of likely N-dealkylation sites (N-methyl/N-ethyl adjacent to an activating group) is 1. The van der Waals surface area contributed by atoms with Gasteiger partial charge in [-0.05, 0) is 79.1 Å². The summed E-state index contributed by atoms with van der Waals surface area (Å²) in [5.41, 5.74) is 2.64. The average molecular weight is 501 g/mol. The van der Waals surface area contributed by atoms with Crippen molar-refractivity contribution in [2.75, 3.05) is 20.1 Å². The van der Waals surface area contributed by atoms with Gasteiger partial charge >= 0.3 is 0 Å². The molecule has 1 N–H and O–H groups in total. The van der Waals surface area contributed by atoms with Crippen LogP contribution in [-0.4, -0.2) is 45.8 Å². The number of hydrogen-bond donors (Lipinski definition) is 1. The Balaban J connectivity index is 1.28. The van der Waals surface area contributed by atoms with Gasteiger partial charge in [-0.2, -0.15) is 0 Å². The second-order valence-corrected chi connectivity index (χ2v) is 9.78. The molecule has 0 spiro atoms. The highest BCUT2D eigenvalue weighted by atomic mass is 16.2. The van der Waals surface area contributed by atoms with Crippen molar-refractivity contribution >= 4 is 16.7 Å². The lowest BCUT2D eigenvalue weighted by Crippen LogP contribution is -2.44. The van der Waals surface area contributed by atoms with E-state index in [1.165, 1.54) is 11.8 Å². The van der Waals surface area contributed by atoms with Gasteiger partial charge in [0.2, 0.25) is 5.91 Å². The minimum atomic E-state index is -0.288. The normalized spacial score (nSPS) is 15.0. The second kappa shape index (κ2) is 11.8. The predicted molar refractivity (Wildman–Crippen MR) is 152 cm³/mol. The molecule has 1 saturated heterocycles. The Morgan fingerprint density at radius 3 is 2.42 bits per heavy atom. The van der Waals surface area contributed by atoms with Crippen LogP contribution in [0.3, 0.4) is 0 Å². The van der Waals surface area contributed by atoms with E-state index in [1.807, 2.05) is 50.4 Å². The maximum Gasteiger partial charge on any atom is 0.244 e. The van der Waals surface area contributed by atoms with Crippen LogP contribution >= 0.6 is 0 Å². The summed E-state index contributed by atoms with van der Waals surface area (Å²) in [6, 6.07) is 24.0. The predicted octanol–water partition coefficient (Wildman–Crippen LogP) is 5.71. The Morgan fingerprint density at radius 1 is 0.921 bits per heavy atom. The topological polar surface area (TPSA) is 52.2 Å². The summed E-state index contributed by atoms with van der Waals surface area (Å²) < 4.78 is 0. The highest BCUT2D eigenvalue weighted by Gasteiger charge is 2.33. The van der Waals surface area contributed by atoms with Crippen LogP contribution in [0.25, 0.3) is 10.8 Å². The van der Waals surface area contributed by atoms with Crippen molar-refractivity contribution in [1.82, 2.24) is 19.8 Å². The lowest BCUT2D eigenvalue weighted by molar-refractivity contribution is -0.138. The van der Waals surface area contributed by atoms with Gasteiger partial charge in [0.15, 0.2) is 0 Å². The smallest absolute Gasteiger partial charge is 0.244 e. The standard InChI is InChI=1S/C33H32N4O/c1-25(36(2)33(38)31(28-15-5-3-6-16-28)37-21-11-4-12-22-37)32-34-24-30(35-32)18-10-7-13-26-19-20-27-14-8-9-17-29(27)23-26/h3,5-6,8-9,14-17,19-20,23-25,31H,4,11-12,21-22H2,1-2H3,(H,34,35)/t25-,31+/m0/s1. The molecule has 3 aromatic carbocycles. The molecule has 2 heterocycles. The van der Waals surface area contributed by atoms with E-state index >= 15 is 0 Å². The van der Waals surface area contributed by atoms with Gasteiger partial charge in [-0.1, -0.05) is 73.0 Å². The molecule has 1 aliphatic rings. The fourth-order valence-corrected chi connectivity index (χ4v) is 4.97. The Kier molecular flexibility index (Phi) is 7.88. The molecular formula is C33H32N4O. The van der Waals surface area contributed by atoms with Crippen LogP contribution in [0.15, 0.2) is 79.0 Å². The summed E-state index contributed by atoms with van der Waals surface area (Å²) in [6.45, 7) is 3.87. The van der Waals surface area contributed by atoms with Crippen molar-refractivity contribution in [3.8, 4) is 23.7 Å². The van der Waals surface area contributed by atoms with Gasteiger partial charge in [0.05, 0.1) is 12.2 Å². The number of amides is 1. The molecule has 0 bridgehead atoms. The Hall–Kier alpha value is -4.32. The van der Waals surface area contributed by atoms with Crippen LogP contribution in [0.2, 0.25) is 0 Å². The first-order valence-electron chi connectivity index (χ1n) is 13.2. The third kappa shape index (κ3) is 5.80. The Morgan fingerprint density at radius 2 is 1.63 bits per heavy atom. The van der Waals surface area contributed by atoms with E-state index < -0.39 is 0 Å². The number of aromatic nitrogens is 2. The van der Waals surface area contributed by atoms with Gasteiger partial charge in [-0.25, -0.2) is 4.98 Å². The van der Waals surface area contributed by atoms with Crippen LogP contribution in [0, 0.1) is 23.7 Å². The van der Waals surface area contributed by atoms with Crippen molar-refractivity contribution in [1.29, 1.82) is 0 Å². The van der Waals surface area contributed by atoms with E-state index in [9.17, 15) is 4.79 Å². The van der Waals surface area contributed by atoms with E-state index in [1.54, 1.807) is 11.1 Å². The first kappa shape index (κ1) is 25.3. The van der Waals surface area contributed by atoms with Crippen molar-refractivity contribution < 1.29 is 4.79 Å². The molecule has 5 nitrogen and oxygen atoms in total. The first-order chi connectivity index (χ1) is 18.6. The fourth-order valence-electron chi connectivity index (χ4n) is 4.97. The van der Waals surface area contributed by atoms with Crippen LogP contribution in [0.4, 0.5) is 0 Å². The summed E-state index contributed by atoms with van der Waals surface area (Å²) in [5.74, 6) is 12.8. The molecule has 1 aliphatic heterocycles. The molecule has 190 valence electrons. The van der Waals surface area contributed by atoms with Crippen molar-refractivity contribution in [2.24, 2.45) is 0 Å². The zero-order valence-corrected chi connectivity index (χ0v) is 21.9. The molecule has 1 fully saturated rings. The highest BCUT2D eigenvalue weighted by molar-refractivity contribution is 5.84. The molecule has 0 aliphatic carbocycles. The summed E-state index contributed by atoms with van der Waals surface area (Å²) in [6.07, 6.45) is 5.18. The van der Waals surface area contributed by atoms with Crippen LogP contribution in [0.5, 0.6) is 0 Å². The van der Waals surface area contributed by atoms with Crippen molar-refractivity contribution in [3.05, 3.63) is 102 Å². The Labute approximate surface area is 224 Å². The number of aromatic amines is 1. The molecule has 0 unspecified atom stereocenters. The average Bonchev–Trinajstić information content (AvgIpc) is 3.45. The quantitative estimate of drug-likeness (QED) is 0.357. The third-order valence-electron chi connectivity index (χ3n) is 7.24. The SMILES string of the molecule is C[C@@H](c1ncc(C#CC#Cc2ccc3ccccc3c2)[nH]1)N(C)C(=O)[C@@H](c1ccccc1)N1CCCCC1. The second-order valence-electron chi connectivity index (χ2n) is 9.78. The van der Waals surface area contributed by atoms with E-state index in [2.05, 4.69) is 74.9 Å². The number of rotatable bonds is 5. The number of hydrogen-bond acceptors (Lipinski definition) is 3. The van der Waals surface area contributed by atoms with Crippen LogP contribution < -0.4 is 0 Å². The van der Waals surface area contributed by atoms with Gasteiger partial charge < -0.3 is 9.88 Å². The molecule has 1 aromatic heterocycles. The molecule has 5 heteroatoms. The minimum absolute atomic E-state index is 0.0795. The number of nitrogens with one attached hydrogen (secondary N) is 1. The lowest BCUT2D eigenvalue weighted by atomic mass is 10.00. The minimum Gasteiger partial charge on any atom is -0.334 e. The maximum absolute atomic E-state index is 13.8. The van der Waals surface area contributed by atoms with Crippen LogP contribution in [-0.2, 0) is 4.79 Å². The number of benzene rings is 3. The number of piperidine rings is 1. The molecule has 38 heavy (non-hydrogen) atoms. The van der Waals surface area contributed by atoms with Gasteiger partial charge in [0.1, 0.15) is 17.6 Å². The number of H-pyrrole nitrogens is 1. The number of fused-ring (bicyclic) bond motifs is 1. The molecule has 0 radical (unpaired) electrons. The molecular weight excluding hydrogens is 468 g/mol. The zero-order chi connectivity index (χ0) is 26.3.